The molecule has 0 radical (unpaired) electrons. The van der Waals surface area contributed by atoms with Gasteiger partial charge in [0, 0.05) is 18.4 Å². The van der Waals surface area contributed by atoms with Crippen molar-refractivity contribution in [1.29, 1.82) is 0 Å². The molecule has 1 unspecified atom stereocenters. The topological polar surface area (TPSA) is 42.0 Å². The molecule has 1 atom stereocenters. The van der Waals surface area contributed by atoms with Crippen LogP contribution >= 0.6 is 15.9 Å². The van der Waals surface area contributed by atoms with E-state index in [-0.39, 0.29) is 10.7 Å². The minimum atomic E-state index is -0.104. The SMILES string of the molecule is Cc1ccc(C(=O)NCC(Br)c2ccccc2)cn1. The van der Waals surface area contributed by atoms with E-state index in [0.29, 0.717) is 12.1 Å². The standard InChI is InChI=1S/C15H15BrN2O/c1-11-7-8-13(9-17-11)15(19)18-10-14(16)12-5-3-2-4-6-12/h2-9,14H,10H2,1H3,(H,18,19). The van der Waals surface area contributed by atoms with Gasteiger partial charge in [0.15, 0.2) is 0 Å². The quantitative estimate of drug-likeness (QED) is 0.879. The average molecular weight is 319 g/mol. The number of amides is 1. The molecule has 0 aliphatic carbocycles. The lowest BCUT2D eigenvalue weighted by atomic mass is 10.1. The van der Waals surface area contributed by atoms with Crippen LogP contribution in [-0.4, -0.2) is 17.4 Å². The van der Waals surface area contributed by atoms with Gasteiger partial charge in [0.2, 0.25) is 0 Å². The largest absolute Gasteiger partial charge is 0.351 e. The zero-order chi connectivity index (χ0) is 13.7. The number of pyridine rings is 1. The minimum absolute atomic E-state index is 0.104. The van der Waals surface area contributed by atoms with Crippen molar-refractivity contribution in [1.82, 2.24) is 10.3 Å². The Labute approximate surface area is 121 Å². The fraction of sp³-hybridized carbons (Fsp3) is 0.200. The Morgan fingerprint density at radius 2 is 2.00 bits per heavy atom. The van der Waals surface area contributed by atoms with E-state index in [1.165, 1.54) is 0 Å². The second-order valence-corrected chi connectivity index (χ2v) is 5.38. The first-order chi connectivity index (χ1) is 9.16. The molecular weight excluding hydrogens is 304 g/mol. The van der Waals surface area contributed by atoms with Gasteiger partial charge in [-0.2, -0.15) is 0 Å². The van der Waals surface area contributed by atoms with Gasteiger partial charge in [0.25, 0.3) is 5.91 Å². The van der Waals surface area contributed by atoms with Crippen molar-refractivity contribution in [2.75, 3.05) is 6.54 Å². The van der Waals surface area contributed by atoms with Gasteiger partial charge in [0.05, 0.1) is 10.4 Å². The van der Waals surface area contributed by atoms with E-state index in [0.717, 1.165) is 11.3 Å². The average Bonchev–Trinajstić information content (AvgIpc) is 2.46. The summed E-state index contributed by atoms with van der Waals surface area (Å²) in [4.78, 5) is 16.1. The molecule has 2 rings (SSSR count). The predicted octanol–water partition coefficient (Wildman–Crippen LogP) is 3.26. The summed E-state index contributed by atoms with van der Waals surface area (Å²) in [6, 6.07) is 13.6. The molecule has 2 aromatic rings. The lowest BCUT2D eigenvalue weighted by Crippen LogP contribution is -2.26. The maximum absolute atomic E-state index is 11.9. The third-order valence-corrected chi connectivity index (χ3v) is 3.63. The number of hydrogen-bond donors (Lipinski definition) is 1. The molecular formula is C15H15BrN2O. The highest BCUT2D eigenvalue weighted by molar-refractivity contribution is 9.09. The molecule has 1 N–H and O–H groups in total. The van der Waals surface area contributed by atoms with Crippen LogP contribution in [0.2, 0.25) is 0 Å². The number of hydrogen-bond acceptors (Lipinski definition) is 2. The van der Waals surface area contributed by atoms with E-state index < -0.39 is 0 Å². The van der Waals surface area contributed by atoms with Crippen LogP contribution in [-0.2, 0) is 0 Å². The highest BCUT2D eigenvalue weighted by atomic mass is 79.9. The molecule has 0 saturated heterocycles. The molecule has 0 aliphatic rings. The highest BCUT2D eigenvalue weighted by Crippen LogP contribution is 2.21. The maximum Gasteiger partial charge on any atom is 0.252 e. The number of carbonyl (C=O) groups excluding carboxylic acids is 1. The van der Waals surface area contributed by atoms with E-state index in [2.05, 4.69) is 26.2 Å². The van der Waals surface area contributed by atoms with Crippen LogP contribution in [0, 0.1) is 6.92 Å². The van der Waals surface area contributed by atoms with Crippen LogP contribution in [0.1, 0.15) is 26.4 Å². The van der Waals surface area contributed by atoms with Crippen molar-refractivity contribution in [2.45, 2.75) is 11.8 Å². The minimum Gasteiger partial charge on any atom is -0.351 e. The van der Waals surface area contributed by atoms with Crippen LogP contribution in [0.5, 0.6) is 0 Å². The molecule has 98 valence electrons. The molecule has 1 aromatic heterocycles. The normalized spacial score (nSPS) is 11.9. The molecule has 0 bridgehead atoms. The van der Waals surface area contributed by atoms with E-state index >= 15 is 0 Å². The summed E-state index contributed by atoms with van der Waals surface area (Å²) in [5, 5.41) is 2.89. The van der Waals surface area contributed by atoms with E-state index in [1.807, 2.05) is 43.3 Å². The van der Waals surface area contributed by atoms with E-state index in [4.69, 9.17) is 0 Å². The summed E-state index contributed by atoms with van der Waals surface area (Å²) in [6.45, 7) is 2.43. The van der Waals surface area contributed by atoms with E-state index in [1.54, 1.807) is 12.3 Å². The van der Waals surface area contributed by atoms with Gasteiger partial charge >= 0.3 is 0 Å². The van der Waals surface area contributed by atoms with Crippen LogP contribution in [0.4, 0.5) is 0 Å². The summed E-state index contributed by atoms with van der Waals surface area (Å²) < 4.78 is 0. The van der Waals surface area contributed by atoms with Crippen molar-refractivity contribution in [3.05, 3.63) is 65.5 Å². The first kappa shape index (κ1) is 13.7. The molecule has 0 aliphatic heterocycles. The monoisotopic (exact) mass is 318 g/mol. The lowest BCUT2D eigenvalue weighted by Gasteiger charge is -2.11. The Morgan fingerprint density at radius 3 is 2.63 bits per heavy atom. The predicted molar refractivity (Wildman–Crippen MR) is 79.4 cm³/mol. The third kappa shape index (κ3) is 3.89. The van der Waals surface area contributed by atoms with Crippen LogP contribution < -0.4 is 5.32 Å². The number of alkyl halides is 1. The number of carbonyl (C=O) groups is 1. The van der Waals surface area contributed by atoms with Crippen molar-refractivity contribution in [2.24, 2.45) is 0 Å². The second-order valence-electron chi connectivity index (χ2n) is 4.28. The van der Waals surface area contributed by atoms with Gasteiger partial charge in [-0.25, -0.2) is 0 Å². The van der Waals surface area contributed by atoms with Gasteiger partial charge < -0.3 is 5.32 Å². The Bertz CT molecular complexity index is 540. The summed E-state index contributed by atoms with van der Waals surface area (Å²) in [5.41, 5.74) is 2.63. The zero-order valence-corrected chi connectivity index (χ0v) is 12.2. The molecule has 1 aromatic carbocycles. The molecule has 1 heterocycles. The number of benzene rings is 1. The Balaban J connectivity index is 1.92. The molecule has 19 heavy (non-hydrogen) atoms. The number of aryl methyl sites for hydroxylation is 1. The van der Waals surface area contributed by atoms with Crippen molar-refractivity contribution >= 4 is 21.8 Å². The molecule has 4 heteroatoms. The fourth-order valence-electron chi connectivity index (χ4n) is 1.67. The summed E-state index contributed by atoms with van der Waals surface area (Å²) in [6.07, 6.45) is 1.59. The molecule has 0 saturated carbocycles. The molecule has 0 fully saturated rings. The lowest BCUT2D eigenvalue weighted by molar-refractivity contribution is 0.0953. The van der Waals surface area contributed by atoms with Gasteiger partial charge in [-0.3, -0.25) is 9.78 Å². The van der Waals surface area contributed by atoms with Crippen LogP contribution in [0.15, 0.2) is 48.7 Å². The Kier molecular flexibility index (Phi) is 4.68. The number of halogens is 1. The summed E-state index contributed by atoms with van der Waals surface area (Å²) in [5.74, 6) is -0.104. The molecule has 3 nitrogen and oxygen atoms in total. The number of nitrogens with one attached hydrogen (secondary N) is 1. The van der Waals surface area contributed by atoms with Crippen molar-refractivity contribution in [3.63, 3.8) is 0 Å². The Morgan fingerprint density at radius 1 is 1.26 bits per heavy atom. The summed E-state index contributed by atoms with van der Waals surface area (Å²) in [7, 11) is 0. The number of rotatable bonds is 4. The Hall–Kier alpha value is -1.68. The fourth-order valence-corrected chi connectivity index (χ4v) is 2.13. The first-order valence-corrected chi connectivity index (χ1v) is 6.98. The first-order valence-electron chi connectivity index (χ1n) is 6.06. The number of nitrogens with zero attached hydrogens (tertiary/aromatic N) is 1. The van der Waals surface area contributed by atoms with Gasteiger partial charge in [-0.15, -0.1) is 0 Å². The second kappa shape index (κ2) is 6.48. The highest BCUT2D eigenvalue weighted by Gasteiger charge is 2.10. The van der Waals surface area contributed by atoms with Gasteiger partial charge in [-0.1, -0.05) is 46.3 Å². The van der Waals surface area contributed by atoms with Gasteiger partial charge in [-0.05, 0) is 24.6 Å². The van der Waals surface area contributed by atoms with E-state index in [9.17, 15) is 4.79 Å². The third-order valence-electron chi connectivity index (χ3n) is 2.78. The van der Waals surface area contributed by atoms with Crippen LogP contribution in [0.3, 0.4) is 0 Å². The maximum atomic E-state index is 11.9. The van der Waals surface area contributed by atoms with Crippen molar-refractivity contribution in [3.8, 4) is 0 Å². The summed E-state index contributed by atoms with van der Waals surface area (Å²) >= 11 is 3.57. The van der Waals surface area contributed by atoms with Crippen LogP contribution in [0.25, 0.3) is 0 Å². The van der Waals surface area contributed by atoms with Gasteiger partial charge in [0.1, 0.15) is 0 Å². The molecule has 0 spiro atoms. The zero-order valence-electron chi connectivity index (χ0n) is 10.6. The molecule has 1 amide bonds. The van der Waals surface area contributed by atoms with Crippen molar-refractivity contribution < 1.29 is 4.79 Å². The number of aromatic nitrogens is 1. The smallest absolute Gasteiger partial charge is 0.252 e.